The summed E-state index contributed by atoms with van der Waals surface area (Å²) in [4.78, 5) is 5.23. The summed E-state index contributed by atoms with van der Waals surface area (Å²) in [5.41, 5.74) is 6.89. The maximum Gasteiger partial charge on any atom is 0.268 e. The minimum Gasteiger partial charge on any atom is -0.361 e. The van der Waals surface area contributed by atoms with Gasteiger partial charge in [0, 0.05) is 37.2 Å². The number of hydrogen-bond donors (Lipinski definition) is 0. The Labute approximate surface area is 263 Å². The molecule has 0 radical (unpaired) electrons. The van der Waals surface area contributed by atoms with E-state index in [1.807, 2.05) is 38.1 Å². The molecular formula is C33H37BrN4O3SSi. The van der Waals surface area contributed by atoms with Crippen LogP contribution in [0.5, 0.6) is 0 Å². The van der Waals surface area contributed by atoms with E-state index in [2.05, 4.69) is 59.2 Å². The summed E-state index contributed by atoms with van der Waals surface area (Å²) in [6.45, 7) is 14.0. The molecule has 0 saturated heterocycles. The van der Waals surface area contributed by atoms with Crippen molar-refractivity contribution in [3.05, 3.63) is 92.8 Å². The summed E-state index contributed by atoms with van der Waals surface area (Å²) in [7, 11) is -5.10. The lowest BCUT2D eigenvalue weighted by molar-refractivity contribution is 0.0881. The zero-order valence-electron chi connectivity index (χ0n) is 25.5. The molecule has 0 spiro atoms. The molecule has 0 aliphatic rings. The number of ether oxygens (including phenoxy) is 1. The second-order valence-electron chi connectivity index (χ2n) is 12.3. The monoisotopic (exact) mass is 676 g/mol. The highest BCUT2D eigenvalue weighted by Crippen LogP contribution is 2.38. The molecule has 5 rings (SSSR count). The van der Waals surface area contributed by atoms with E-state index < -0.39 is 18.1 Å². The lowest BCUT2D eigenvalue weighted by Gasteiger charge is -2.17. The van der Waals surface area contributed by atoms with Crippen LogP contribution < -0.4 is 0 Å². The molecule has 2 aromatic heterocycles. The van der Waals surface area contributed by atoms with Gasteiger partial charge in [-0.15, -0.1) is 0 Å². The molecule has 3 aromatic carbocycles. The van der Waals surface area contributed by atoms with Crippen LogP contribution in [0.25, 0.3) is 21.9 Å². The second kappa shape index (κ2) is 12.0. The molecule has 43 heavy (non-hydrogen) atoms. The Kier molecular flexibility index (Phi) is 8.74. The van der Waals surface area contributed by atoms with Crippen molar-refractivity contribution in [2.24, 2.45) is 0 Å². The van der Waals surface area contributed by atoms with Gasteiger partial charge in [-0.05, 0) is 89.3 Å². The fraction of sp³-hybridized carbons (Fsp3) is 0.333. The van der Waals surface area contributed by atoms with Gasteiger partial charge in [0.2, 0.25) is 0 Å². The molecule has 0 N–H and O–H groups in total. The van der Waals surface area contributed by atoms with E-state index in [9.17, 15) is 13.7 Å². The van der Waals surface area contributed by atoms with Crippen molar-refractivity contribution in [3.63, 3.8) is 0 Å². The average Bonchev–Trinajstić information content (AvgIpc) is 3.49. The predicted molar refractivity (Wildman–Crippen MR) is 179 cm³/mol. The summed E-state index contributed by atoms with van der Waals surface area (Å²) in [5.74, 6) is 0.805. The first-order chi connectivity index (χ1) is 20.3. The van der Waals surface area contributed by atoms with Gasteiger partial charge in [-0.1, -0.05) is 50.3 Å². The first-order valence-corrected chi connectivity index (χ1v) is 20.4. The number of imidazole rings is 1. The highest BCUT2D eigenvalue weighted by Gasteiger charge is 2.26. The van der Waals surface area contributed by atoms with Crippen LogP contribution in [0, 0.1) is 25.2 Å². The number of nitriles is 1. The van der Waals surface area contributed by atoms with Crippen molar-refractivity contribution in [1.82, 2.24) is 13.5 Å². The van der Waals surface area contributed by atoms with Crippen LogP contribution in [0.3, 0.4) is 0 Å². The van der Waals surface area contributed by atoms with Gasteiger partial charge in [-0.2, -0.15) is 5.26 Å². The summed E-state index contributed by atoms with van der Waals surface area (Å²) in [6.07, 6.45) is 2.92. The lowest BCUT2D eigenvalue weighted by Crippen LogP contribution is -2.22. The Bertz CT molecular complexity index is 1980. The Morgan fingerprint density at radius 3 is 2.44 bits per heavy atom. The molecule has 0 saturated carbocycles. The van der Waals surface area contributed by atoms with Crippen molar-refractivity contribution in [1.29, 1.82) is 5.26 Å². The topological polar surface area (TPSA) is 89.9 Å². The molecule has 0 bridgehead atoms. The number of aromatic nitrogens is 3. The Morgan fingerprint density at radius 2 is 1.79 bits per heavy atom. The first kappa shape index (κ1) is 31.2. The summed E-state index contributed by atoms with van der Waals surface area (Å²) >= 11 is 3.73. The van der Waals surface area contributed by atoms with E-state index in [4.69, 9.17) is 9.72 Å². The standard InChI is InChI=1S/C33H37BrN4O3SSi/c1-7-25-16-23(3)33-32(28(34)20-38(33)42(39,40)26-11-8-22(2)9-12-26)27(25)18-31-36-29-17-24(19-35)10-13-30(29)37(31)21-41-14-15-43(4,5)6/h8-13,16-17,20H,7,14-15,18,21H2,1-6H3. The molecule has 224 valence electrons. The van der Waals surface area contributed by atoms with Gasteiger partial charge in [0.15, 0.2) is 0 Å². The molecule has 0 aliphatic heterocycles. The van der Waals surface area contributed by atoms with Crippen LogP contribution >= 0.6 is 15.9 Å². The number of benzene rings is 3. The first-order valence-electron chi connectivity index (χ1n) is 14.4. The summed E-state index contributed by atoms with van der Waals surface area (Å²) in [6, 6.07) is 17.8. The quantitative estimate of drug-likeness (QED) is 0.111. The van der Waals surface area contributed by atoms with E-state index in [1.54, 1.807) is 24.4 Å². The van der Waals surface area contributed by atoms with Crippen molar-refractivity contribution < 1.29 is 13.2 Å². The minimum atomic E-state index is -3.84. The lowest BCUT2D eigenvalue weighted by atomic mass is 9.95. The summed E-state index contributed by atoms with van der Waals surface area (Å²) < 4.78 is 38.2. The molecular weight excluding hydrogens is 640 g/mol. The fourth-order valence-corrected chi connectivity index (χ4v) is 8.39. The SMILES string of the molecule is CCc1cc(C)c2c(c(Br)cn2S(=O)(=O)c2ccc(C)cc2)c1Cc1nc2cc(C#N)ccc2n1COCC[Si](C)(C)C. The maximum atomic E-state index is 13.9. The molecule has 0 fully saturated rings. The molecule has 5 aromatic rings. The number of rotatable bonds is 10. The average molecular weight is 678 g/mol. The smallest absolute Gasteiger partial charge is 0.268 e. The normalized spacial score (nSPS) is 12.3. The molecule has 0 atom stereocenters. The second-order valence-corrected chi connectivity index (χ2v) is 20.6. The molecule has 10 heteroatoms. The zero-order chi connectivity index (χ0) is 31.1. The van der Waals surface area contributed by atoms with Crippen LogP contribution in [0.15, 0.2) is 64.1 Å². The molecule has 0 unspecified atom stereocenters. The number of fused-ring (bicyclic) bond motifs is 2. The highest BCUT2D eigenvalue weighted by molar-refractivity contribution is 9.10. The zero-order valence-corrected chi connectivity index (χ0v) is 28.9. The van der Waals surface area contributed by atoms with Crippen molar-refractivity contribution in [2.75, 3.05) is 6.61 Å². The number of nitrogens with zero attached hydrogens (tertiary/aromatic N) is 4. The number of hydrogen-bond acceptors (Lipinski definition) is 5. The third kappa shape index (κ3) is 6.22. The van der Waals surface area contributed by atoms with Gasteiger partial charge in [-0.25, -0.2) is 17.4 Å². The van der Waals surface area contributed by atoms with Crippen LogP contribution in [0.2, 0.25) is 25.7 Å². The molecule has 0 aliphatic carbocycles. The van der Waals surface area contributed by atoms with Crippen molar-refractivity contribution in [3.8, 4) is 6.07 Å². The minimum absolute atomic E-state index is 0.244. The molecule has 7 nitrogen and oxygen atoms in total. The number of halogens is 1. The fourth-order valence-electron chi connectivity index (χ4n) is 5.44. The van der Waals surface area contributed by atoms with Crippen molar-refractivity contribution in [2.45, 2.75) is 70.9 Å². The van der Waals surface area contributed by atoms with Gasteiger partial charge in [-0.3, -0.25) is 0 Å². The Morgan fingerprint density at radius 1 is 1.07 bits per heavy atom. The Balaban J connectivity index is 1.65. The third-order valence-corrected chi connectivity index (χ3v) is 11.8. The van der Waals surface area contributed by atoms with E-state index in [0.717, 1.165) is 57.0 Å². The van der Waals surface area contributed by atoms with E-state index in [-0.39, 0.29) is 4.90 Å². The predicted octanol–water partition coefficient (Wildman–Crippen LogP) is 7.94. The van der Waals surface area contributed by atoms with Crippen molar-refractivity contribution >= 4 is 56.0 Å². The largest absolute Gasteiger partial charge is 0.361 e. The summed E-state index contributed by atoms with van der Waals surface area (Å²) in [5, 5.41) is 10.4. The maximum absolute atomic E-state index is 13.9. The van der Waals surface area contributed by atoms with Crippen LogP contribution in [0.1, 0.15) is 40.6 Å². The van der Waals surface area contributed by atoms with Gasteiger partial charge in [0.25, 0.3) is 10.0 Å². The van der Waals surface area contributed by atoms with E-state index in [0.29, 0.717) is 35.3 Å². The van der Waals surface area contributed by atoms with Crippen LogP contribution in [-0.4, -0.2) is 36.6 Å². The van der Waals surface area contributed by atoms with Gasteiger partial charge >= 0.3 is 0 Å². The van der Waals surface area contributed by atoms with Gasteiger partial charge in [0.1, 0.15) is 12.6 Å². The van der Waals surface area contributed by atoms with Gasteiger partial charge in [0.05, 0.1) is 33.1 Å². The Hall–Kier alpha value is -3.23. The molecule has 0 amide bonds. The highest BCUT2D eigenvalue weighted by atomic mass is 79.9. The molecule has 2 heterocycles. The van der Waals surface area contributed by atoms with E-state index >= 15 is 0 Å². The van der Waals surface area contributed by atoms with Crippen LogP contribution in [0.4, 0.5) is 0 Å². The van der Waals surface area contributed by atoms with Crippen LogP contribution in [-0.2, 0) is 34.3 Å². The van der Waals surface area contributed by atoms with Gasteiger partial charge < -0.3 is 9.30 Å². The van der Waals surface area contributed by atoms with E-state index in [1.165, 1.54) is 3.97 Å². The number of aryl methyl sites for hydroxylation is 3. The third-order valence-electron chi connectivity index (χ3n) is 7.85.